The number of anilines is 2. The molecule has 3 aromatic rings. The normalized spacial score (nSPS) is 11.2. The Morgan fingerprint density at radius 2 is 2.11 bits per heavy atom. The smallest absolute Gasteiger partial charge is 0.316 e. The zero-order valence-corrected chi connectivity index (χ0v) is 9.95. The first-order valence-corrected chi connectivity index (χ1v) is 5.68. The molecule has 0 amide bonds. The molecule has 0 aliphatic carbocycles. The SMILES string of the molecule is Nc1ncccc1/C=N/Nc1nc2ccccc2o1. The molecule has 0 saturated carbocycles. The third-order valence-corrected chi connectivity index (χ3v) is 2.53. The molecular formula is C13H11N5O. The van der Waals surface area contributed by atoms with Crippen LogP contribution in [0.1, 0.15) is 5.56 Å². The molecule has 0 fully saturated rings. The summed E-state index contributed by atoms with van der Waals surface area (Å²) >= 11 is 0. The number of hydrogen-bond donors (Lipinski definition) is 2. The lowest BCUT2D eigenvalue weighted by Gasteiger charge is -1.96. The average Bonchev–Trinajstić information content (AvgIpc) is 2.83. The third kappa shape index (κ3) is 2.37. The van der Waals surface area contributed by atoms with Gasteiger partial charge in [0.05, 0.1) is 6.21 Å². The number of hydrogen-bond acceptors (Lipinski definition) is 6. The molecule has 0 saturated heterocycles. The Labute approximate surface area is 109 Å². The topological polar surface area (TPSA) is 89.3 Å². The zero-order chi connectivity index (χ0) is 13.1. The number of fused-ring (bicyclic) bond motifs is 1. The van der Waals surface area contributed by atoms with Gasteiger partial charge in [0.25, 0.3) is 0 Å². The highest BCUT2D eigenvalue weighted by Gasteiger charge is 2.02. The number of rotatable bonds is 3. The number of oxazole rings is 1. The molecular weight excluding hydrogens is 242 g/mol. The standard InChI is InChI=1S/C13H11N5O/c14-12-9(4-3-7-15-12)8-16-18-13-17-10-5-1-2-6-11(10)19-13/h1-8H,(H2,14,15)(H,17,18)/b16-8+. The molecule has 1 aromatic carbocycles. The Morgan fingerprint density at radius 3 is 2.95 bits per heavy atom. The molecule has 2 aromatic heterocycles. The van der Waals surface area contributed by atoms with Gasteiger partial charge in [0.15, 0.2) is 5.58 Å². The number of nitrogens with one attached hydrogen (secondary N) is 1. The van der Waals surface area contributed by atoms with Crippen molar-refractivity contribution in [1.29, 1.82) is 0 Å². The highest BCUT2D eigenvalue weighted by Crippen LogP contribution is 2.17. The van der Waals surface area contributed by atoms with Crippen molar-refractivity contribution >= 4 is 29.1 Å². The third-order valence-electron chi connectivity index (χ3n) is 2.53. The molecule has 0 bridgehead atoms. The zero-order valence-electron chi connectivity index (χ0n) is 9.95. The van der Waals surface area contributed by atoms with Crippen molar-refractivity contribution in [3.8, 4) is 0 Å². The van der Waals surface area contributed by atoms with Crippen LogP contribution < -0.4 is 11.2 Å². The maximum Gasteiger partial charge on any atom is 0.316 e. The first-order chi connectivity index (χ1) is 9.33. The van der Waals surface area contributed by atoms with Crippen LogP contribution >= 0.6 is 0 Å². The first kappa shape index (κ1) is 11.2. The van der Waals surface area contributed by atoms with Crippen LogP contribution in [0.4, 0.5) is 11.8 Å². The van der Waals surface area contributed by atoms with Crippen molar-refractivity contribution in [1.82, 2.24) is 9.97 Å². The minimum absolute atomic E-state index is 0.333. The lowest BCUT2D eigenvalue weighted by molar-refractivity contribution is 0.617. The van der Waals surface area contributed by atoms with Gasteiger partial charge in [0, 0.05) is 11.8 Å². The quantitative estimate of drug-likeness (QED) is 0.552. The van der Waals surface area contributed by atoms with Crippen LogP contribution in [0.5, 0.6) is 0 Å². The number of nitrogens with zero attached hydrogens (tertiary/aromatic N) is 3. The maximum atomic E-state index is 5.69. The van der Waals surface area contributed by atoms with Crippen LogP contribution in [0.2, 0.25) is 0 Å². The average molecular weight is 253 g/mol. The van der Waals surface area contributed by atoms with Gasteiger partial charge in [-0.05, 0) is 24.3 Å². The molecule has 0 radical (unpaired) electrons. The second kappa shape index (κ2) is 4.77. The molecule has 0 unspecified atom stereocenters. The van der Waals surface area contributed by atoms with Gasteiger partial charge in [-0.25, -0.2) is 10.4 Å². The number of para-hydroxylation sites is 2. The fraction of sp³-hybridized carbons (Fsp3) is 0. The van der Waals surface area contributed by atoms with Crippen molar-refractivity contribution in [2.75, 3.05) is 11.2 Å². The molecule has 19 heavy (non-hydrogen) atoms. The van der Waals surface area contributed by atoms with Crippen LogP contribution in [0.15, 0.2) is 52.1 Å². The molecule has 3 N–H and O–H groups in total. The number of benzene rings is 1. The lowest BCUT2D eigenvalue weighted by atomic mass is 10.3. The molecule has 94 valence electrons. The maximum absolute atomic E-state index is 5.69. The Bertz CT molecular complexity index is 701. The number of nitrogens with two attached hydrogens (primary N) is 1. The van der Waals surface area contributed by atoms with Crippen LogP contribution in [0.25, 0.3) is 11.1 Å². The largest absolute Gasteiger partial charge is 0.422 e. The molecule has 2 heterocycles. The highest BCUT2D eigenvalue weighted by molar-refractivity contribution is 5.85. The Balaban J connectivity index is 1.77. The van der Waals surface area contributed by atoms with Crippen LogP contribution in [0, 0.1) is 0 Å². The second-order valence-corrected chi connectivity index (χ2v) is 3.83. The fourth-order valence-corrected chi connectivity index (χ4v) is 1.62. The number of nitrogen functional groups attached to an aromatic ring is 1. The van der Waals surface area contributed by atoms with E-state index in [1.807, 2.05) is 30.3 Å². The van der Waals surface area contributed by atoms with Gasteiger partial charge in [-0.2, -0.15) is 10.1 Å². The molecule has 0 aliphatic heterocycles. The van der Waals surface area contributed by atoms with E-state index in [4.69, 9.17) is 10.2 Å². The minimum atomic E-state index is 0.333. The summed E-state index contributed by atoms with van der Waals surface area (Å²) in [5.41, 5.74) is 10.6. The molecule has 0 aliphatic rings. The minimum Gasteiger partial charge on any atom is -0.422 e. The van der Waals surface area contributed by atoms with E-state index in [1.165, 1.54) is 0 Å². The van der Waals surface area contributed by atoms with E-state index in [-0.39, 0.29) is 0 Å². The van der Waals surface area contributed by atoms with E-state index in [9.17, 15) is 0 Å². The lowest BCUT2D eigenvalue weighted by Crippen LogP contribution is -1.97. The molecule has 3 rings (SSSR count). The Morgan fingerprint density at radius 1 is 1.21 bits per heavy atom. The summed E-state index contributed by atoms with van der Waals surface area (Å²) in [5, 5.41) is 4.02. The molecule has 6 heteroatoms. The highest BCUT2D eigenvalue weighted by atomic mass is 16.4. The summed E-state index contributed by atoms with van der Waals surface area (Å²) in [7, 11) is 0. The van der Waals surface area contributed by atoms with Gasteiger partial charge in [-0.3, -0.25) is 0 Å². The van der Waals surface area contributed by atoms with E-state index < -0.39 is 0 Å². The van der Waals surface area contributed by atoms with Crippen molar-refractivity contribution in [3.63, 3.8) is 0 Å². The van der Waals surface area contributed by atoms with Gasteiger partial charge < -0.3 is 10.2 Å². The van der Waals surface area contributed by atoms with E-state index in [2.05, 4.69) is 20.5 Å². The molecule has 0 spiro atoms. The summed E-state index contributed by atoms with van der Waals surface area (Å²) in [6.07, 6.45) is 3.19. The van der Waals surface area contributed by atoms with E-state index in [0.717, 1.165) is 11.1 Å². The van der Waals surface area contributed by atoms with Crippen molar-refractivity contribution < 1.29 is 4.42 Å². The van der Waals surface area contributed by atoms with Gasteiger partial charge in [-0.15, -0.1) is 0 Å². The van der Waals surface area contributed by atoms with Crippen LogP contribution in [-0.4, -0.2) is 16.2 Å². The number of aromatic nitrogens is 2. The summed E-state index contributed by atoms with van der Waals surface area (Å²) in [6, 6.07) is 11.4. The summed E-state index contributed by atoms with van der Waals surface area (Å²) in [5.74, 6) is 0.422. The van der Waals surface area contributed by atoms with E-state index >= 15 is 0 Å². The van der Waals surface area contributed by atoms with Gasteiger partial charge in [-0.1, -0.05) is 12.1 Å². The number of pyridine rings is 1. The first-order valence-electron chi connectivity index (χ1n) is 5.68. The Kier molecular flexibility index (Phi) is 2.82. The predicted octanol–water partition coefficient (Wildman–Crippen LogP) is 2.25. The summed E-state index contributed by atoms with van der Waals surface area (Å²) < 4.78 is 5.45. The molecule has 0 atom stereocenters. The summed E-state index contributed by atoms with van der Waals surface area (Å²) in [4.78, 5) is 8.19. The van der Waals surface area contributed by atoms with Crippen LogP contribution in [-0.2, 0) is 0 Å². The molecule has 6 nitrogen and oxygen atoms in total. The Hall–Kier alpha value is -2.89. The van der Waals surface area contributed by atoms with Gasteiger partial charge >= 0.3 is 6.01 Å². The predicted molar refractivity (Wildman–Crippen MR) is 73.9 cm³/mol. The van der Waals surface area contributed by atoms with Gasteiger partial charge in [0.1, 0.15) is 11.3 Å². The van der Waals surface area contributed by atoms with Gasteiger partial charge in [0.2, 0.25) is 0 Å². The van der Waals surface area contributed by atoms with E-state index in [0.29, 0.717) is 17.4 Å². The fourth-order valence-electron chi connectivity index (χ4n) is 1.62. The van der Waals surface area contributed by atoms with Crippen molar-refractivity contribution in [2.45, 2.75) is 0 Å². The van der Waals surface area contributed by atoms with Crippen molar-refractivity contribution in [3.05, 3.63) is 48.2 Å². The van der Waals surface area contributed by atoms with E-state index in [1.54, 1.807) is 18.5 Å². The monoisotopic (exact) mass is 253 g/mol. The summed E-state index contributed by atoms with van der Waals surface area (Å²) in [6.45, 7) is 0. The second-order valence-electron chi connectivity index (χ2n) is 3.83. The number of hydrazone groups is 1. The van der Waals surface area contributed by atoms with Crippen LogP contribution in [0.3, 0.4) is 0 Å². The van der Waals surface area contributed by atoms with Crippen molar-refractivity contribution in [2.24, 2.45) is 5.10 Å².